The van der Waals surface area contributed by atoms with Crippen LogP contribution in [0.3, 0.4) is 0 Å². The highest BCUT2D eigenvalue weighted by atomic mass is 32.1. The molecule has 2 atom stereocenters. The number of hydrogen-bond donors (Lipinski definition) is 2. The number of fused-ring (bicyclic) bond motifs is 2. The van der Waals surface area contributed by atoms with E-state index in [-0.39, 0.29) is 12.1 Å². The fraction of sp³-hybridized carbons (Fsp3) is 0.435. The van der Waals surface area contributed by atoms with Gasteiger partial charge >= 0.3 is 0 Å². The number of nitrogens with one attached hydrogen (secondary N) is 1. The Kier molecular flexibility index (Phi) is 5.92. The minimum atomic E-state index is 0.166. The van der Waals surface area contributed by atoms with Gasteiger partial charge in [0.2, 0.25) is 0 Å². The van der Waals surface area contributed by atoms with Gasteiger partial charge in [0.25, 0.3) is 0 Å². The highest BCUT2D eigenvalue weighted by Gasteiger charge is 2.36. The van der Waals surface area contributed by atoms with Gasteiger partial charge in [0.05, 0.1) is 26.3 Å². The van der Waals surface area contributed by atoms with Crippen molar-refractivity contribution in [2.24, 2.45) is 5.84 Å². The molecule has 2 aromatic carbocycles. The number of nitrogens with two attached hydrogens (primary N) is 1. The molecule has 3 N–H and O–H groups in total. The van der Waals surface area contributed by atoms with E-state index < -0.39 is 0 Å². The van der Waals surface area contributed by atoms with Crippen molar-refractivity contribution in [1.82, 2.24) is 10.3 Å². The van der Waals surface area contributed by atoms with E-state index in [1.807, 2.05) is 12.1 Å². The SMILES string of the molecule is COc1cccc2c1CCCC2N(C(=S)NN)C1CCCc2c(OC)cccc21. The van der Waals surface area contributed by atoms with Crippen molar-refractivity contribution in [2.75, 3.05) is 14.2 Å². The van der Waals surface area contributed by atoms with E-state index >= 15 is 0 Å². The lowest BCUT2D eigenvalue weighted by molar-refractivity contribution is 0.195. The Morgan fingerprint density at radius 3 is 1.83 bits per heavy atom. The molecule has 0 aliphatic heterocycles. The Labute approximate surface area is 178 Å². The number of methoxy groups -OCH3 is 2. The number of nitrogens with zero attached hydrogens (tertiary/aromatic N) is 1. The first-order valence-electron chi connectivity index (χ1n) is 10.3. The van der Waals surface area contributed by atoms with E-state index in [2.05, 4.69) is 34.6 Å². The van der Waals surface area contributed by atoms with Gasteiger partial charge in [0.15, 0.2) is 5.11 Å². The van der Waals surface area contributed by atoms with Crippen molar-refractivity contribution in [2.45, 2.75) is 50.6 Å². The van der Waals surface area contributed by atoms with Crippen LogP contribution in [0, 0.1) is 0 Å². The molecular formula is C23H29N3O2S. The summed E-state index contributed by atoms with van der Waals surface area (Å²) in [4.78, 5) is 2.32. The maximum atomic E-state index is 5.86. The zero-order valence-electron chi connectivity index (χ0n) is 17.1. The summed E-state index contributed by atoms with van der Waals surface area (Å²) in [5.41, 5.74) is 7.94. The molecule has 0 saturated carbocycles. The van der Waals surface area contributed by atoms with Crippen LogP contribution in [0.2, 0.25) is 0 Å². The second kappa shape index (κ2) is 8.59. The molecule has 0 saturated heterocycles. The lowest BCUT2D eigenvalue weighted by atomic mass is 9.82. The van der Waals surface area contributed by atoms with E-state index in [4.69, 9.17) is 27.5 Å². The smallest absolute Gasteiger partial charge is 0.184 e. The summed E-state index contributed by atoms with van der Waals surface area (Å²) in [7, 11) is 3.49. The van der Waals surface area contributed by atoms with Gasteiger partial charge in [-0.1, -0.05) is 24.3 Å². The fourth-order valence-electron chi connectivity index (χ4n) is 5.12. The monoisotopic (exact) mass is 411 g/mol. The van der Waals surface area contributed by atoms with Crippen LogP contribution >= 0.6 is 12.2 Å². The standard InChI is InChI=1S/C23H29N3O2S/c1-27-21-13-5-7-15-17(21)9-3-11-19(15)26(23(29)25-24)20-12-4-10-18-16(20)8-6-14-22(18)28-2/h5-8,13-14,19-20H,3-4,9-12,24H2,1-2H3,(H,25,29). The van der Waals surface area contributed by atoms with Crippen molar-refractivity contribution < 1.29 is 9.47 Å². The van der Waals surface area contributed by atoms with Crippen LogP contribution in [0.4, 0.5) is 0 Å². The predicted octanol–water partition coefficient (Wildman–Crippen LogP) is 4.21. The number of benzene rings is 2. The largest absolute Gasteiger partial charge is 0.496 e. The van der Waals surface area contributed by atoms with Gasteiger partial charge in [0, 0.05) is 0 Å². The normalized spacial score (nSPS) is 20.2. The van der Waals surface area contributed by atoms with E-state index in [9.17, 15) is 0 Å². The summed E-state index contributed by atoms with van der Waals surface area (Å²) in [5, 5.41) is 0.589. The molecule has 0 spiro atoms. The van der Waals surface area contributed by atoms with Crippen molar-refractivity contribution in [1.29, 1.82) is 0 Å². The molecule has 0 aromatic heterocycles. The van der Waals surface area contributed by atoms with Crippen LogP contribution in [0.25, 0.3) is 0 Å². The van der Waals surface area contributed by atoms with Gasteiger partial charge in [-0.05, 0) is 85.1 Å². The molecule has 4 rings (SSSR count). The molecule has 0 fully saturated rings. The van der Waals surface area contributed by atoms with E-state index in [1.54, 1.807) is 14.2 Å². The Balaban J connectivity index is 1.81. The lowest BCUT2D eigenvalue weighted by Crippen LogP contribution is -2.48. The third kappa shape index (κ3) is 3.55. The quantitative estimate of drug-likeness (QED) is 0.447. The molecule has 0 amide bonds. The Hall–Kier alpha value is -2.31. The van der Waals surface area contributed by atoms with E-state index in [0.29, 0.717) is 5.11 Å². The second-order valence-corrected chi connectivity index (χ2v) is 8.12. The van der Waals surface area contributed by atoms with Crippen LogP contribution in [-0.2, 0) is 12.8 Å². The molecule has 29 heavy (non-hydrogen) atoms. The fourth-order valence-corrected chi connectivity index (χ4v) is 5.37. The number of hydrazine groups is 1. The van der Waals surface area contributed by atoms with Crippen LogP contribution in [-0.4, -0.2) is 24.2 Å². The molecule has 154 valence electrons. The van der Waals surface area contributed by atoms with Crippen LogP contribution in [0.15, 0.2) is 36.4 Å². The molecule has 2 aromatic rings. The number of hydrogen-bond acceptors (Lipinski definition) is 4. The molecule has 2 aliphatic rings. The average Bonchev–Trinajstić information content (AvgIpc) is 2.78. The highest BCUT2D eigenvalue weighted by molar-refractivity contribution is 7.80. The van der Waals surface area contributed by atoms with Crippen LogP contribution in [0.1, 0.15) is 60.0 Å². The topological polar surface area (TPSA) is 59.8 Å². The summed E-state index contributed by atoms with van der Waals surface area (Å²) in [5.74, 6) is 7.78. The van der Waals surface area contributed by atoms with Crippen molar-refractivity contribution >= 4 is 17.3 Å². The average molecular weight is 412 g/mol. The second-order valence-electron chi connectivity index (χ2n) is 7.73. The van der Waals surface area contributed by atoms with Gasteiger partial charge in [-0.15, -0.1) is 0 Å². The van der Waals surface area contributed by atoms with Gasteiger partial charge in [-0.25, -0.2) is 5.84 Å². The number of thiocarbonyl (C=S) groups is 1. The maximum Gasteiger partial charge on any atom is 0.184 e. The van der Waals surface area contributed by atoms with E-state index in [1.165, 1.54) is 22.3 Å². The Morgan fingerprint density at radius 1 is 0.931 bits per heavy atom. The molecule has 6 heteroatoms. The first-order valence-corrected chi connectivity index (χ1v) is 10.7. The molecular weight excluding hydrogens is 382 g/mol. The lowest BCUT2D eigenvalue weighted by Gasteiger charge is -2.44. The number of ether oxygens (including phenoxy) is 2. The predicted molar refractivity (Wildman–Crippen MR) is 119 cm³/mol. The summed E-state index contributed by atoms with van der Waals surface area (Å²) < 4.78 is 11.3. The first kappa shape index (κ1) is 20.0. The summed E-state index contributed by atoms with van der Waals surface area (Å²) in [6, 6.07) is 13.0. The Morgan fingerprint density at radius 2 is 1.41 bits per heavy atom. The molecule has 0 bridgehead atoms. The van der Waals surface area contributed by atoms with Gasteiger partial charge in [-0.3, -0.25) is 0 Å². The van der Waals surface area contributed by atoms with Crippen LogP contribution in [0.5, 0.6) is 11.5 Å². The molecule has 0 radical (unpaired) electrons. The van der Waals surface area contributed by atoms with E-state index in [0.717, 1.165) is 50.0 Å². The summed E-state index contributed by atoms with van der Waals surface area (Å²) in [6.07, 6.45) is 6.33. The van der Waals surface area contributed by atoms with Crippen molar-refractivity contribution in [3.63, 3.8) is 0 Å². The minimum absolute atomic E-state index is 0.166. The molecule has 2 aliphatic carbocycles. The Bertz CT molecular complexity index is 836. The number of rotatable bonds is 4. The van der Waals surface area contributed by atoms with Gasteiger partial charge in [-0.2, -0.15) is 0 Å². The zero-order chi connectivity index (χ0) is 20.4. The molecule has 2 unspecified atom stereocenters. The summed E-state index contributed by atoms with van der Waals surface area (Å²) in [6.45, 7) is 0. The first-order chi connectivity index (χ1) is 14.2. The van der Waals surface area contributed by atoms with Gasteiger partial charge in [0.1, 0.15) is 11.5 Å². The molecule has 5 nitrogen and oxygen atoms in total. The maximum absolute atomic E-state index is 5.86. The van der Waals surface area contributed by atoms with Crippen LogP contribution < -0.4 is 20.7 Å². The molecule has 0 heterocycles. The third-order valence-electron chi connectivity index (χ3n) is 6.33. The highest BCUT2D eigenvalue weighted by Crippen LogP contribution is 2.46. The zero-order valence-corrected chi connectivity index (χ0v) is 17.9. The van der Waals surface area contributed by atoms with Crippen molar-refractivity contribution in [3.05, 3.63) is 58.7 Å². The third-order valence-corrected chi connectivity index (χ3v) is 6.66. The minimum Gasteiger partial charge on any atom is -0.496 e. The van der Waals surface area contributed by atoms with Crippen molar-refractivity contribution in [3.8, 4) is 11.5 Å². The van der Waals surface area contributed by atoms with Gasteiger partial charge < -0.3 is 19.8 Å². The summed E-state index contributed by atoms with van der Waals surface area (Å²) >= 11 is 5.75.